The van der Waals surface area contributed by atoms with Crippen molar-refractivity contribution in [3.8, 4) is 0 Å². The van der Waals surface area contributed by atoms with Crippen LogP contribution in [-0.2, 0) is 20.7 Å². The van der Waals surface area contributed by atoms with Crippen LogP contribution >= 0.6 is 11.6 Å². The number of rotatable bonds is 8. The van der Waals surface area contributed by atoms with Crippen molar-refractivity contribution in [3.63, 3.8) is 0 Å². The minimum atomic E-state index is -0.974. The number of hydrogen-bond donors (Lipinski definition) is 2. The van der Waals surface area contributed by atoms with E-state index in [9.17, 15) is 14.4 Å². The largest absolute Gasteiger partial charge is 0.463 e. The van der Waals surface area contributed by atoms with Gasteiger partial charge in [-0.1, -0.05) is 29.8 Å². The first-order valence-corrected chi connectivity index (χ1v) is 11.5. The molecule has 2 heterocycles. The Bertz CT molecular complexity index is 1210. The lowest BCUT2D eigenvalue weighted by molar-refractivity contribution is -0.146. The third-order valence-corrected chi connectivity index (χ3v) is 5.96. The van der Waals surface area contributed by atoms with Crippen molar-refractivity contribution in [2.45, 2.75) is 12.5 Å². The predicted molar refractivity (Wildman–Crippen MR) is 129 cm³/mol. The molecule has 2 aromatic carbocycles. The standard InChI is InChI=1S/C25H26ClN3O5/c26-19-7-5-17(6-8-19)24(31)28-22(25(32)34-14-11-29-9-12-33-13-10-29)15-18-16-23(30)27-21-4-2-1-3-20(18)21/h1-8,16,22H,9-15H2,(H,27,30)(H,28,31)/t22-/m0/s1. The zero-order valence-corrected chi connectivity index (χ0v) is 19.3. The average molecular weight is 484 g/mol. The first-order valence-electron chi connectivity index (χ1n) is 11.1. The Morgan fingerprint density at radius 3 is 2.62 bits per heavy atom. The molecule has 0 spiro atoms. The average Bonchev–Trinajstić information content (AvgIpc) is 2.84. The van der Waals surface area contributed by atoms with Crippen LogP contribution in [0.5, 0.6) is 0 Å². The van der Waals surface area contributed by atoms with Gasteiger partial charge in [0.15, 0.2) is 0 Å². The van der Waals surface area contributed by atoms with Gasteiger partial charge in [-0.2, -0.15) is 0 Å². The van der Waals surface area contributed by atoms with E-state index in [1.807, 2.05) is 18.2 Å². The normalized spacial score (nSPS) is 15.1. The molecule has 0 bridgehead atoms. The topological polar surface area (TPSA) is 101 Å². The SMILES string of the molecule is O=C(N[C@@H](Cc1cc(=O)[nH]c2ccccc12)C(=O)OCCN1CCOCC1)c1ccc(Cl)cc1. The van der Waals surface area contributed by atoms with Crippen molar-refractivity contribution in [3.05, 3.63) is 81.1 Å². The number of morpholine rings is 1. The molecule has 0 radical (unpaired) electrons. The predicted octanol–water partition coefficient (Wildman–Crippen LogP) is 2.40. The van der Waals surface area contributed by atoms with Gasteiger partial charge in [-0.15, -0.1) is 0 Å². The summed E-state index contributed by atoms with van der Waals surface area (Å²) in [6.07, 6.45) is 0.111. The number of aromatic amines is 1. The van der Waals surface area contributed by atoms with Gasteiger partial charge >= 0.3 is 5.97 Å². The molecule has 1 atom stereocenters. The molecule has 1 aliphatic heterocycles. The highest BCUT2D eigenvalue weighted by Gasteiger charge is 2.25. The maximum absolute atomic E-state index is 13.0. The summed E-state index contributed by atoms with van der Waals surface area (Å²) in [6.45, 7) is 3.66. The summed E-state index contributed by atoms with van der Waals surface area (Å²) in [6, 6.07) is 14.2. The number of benzene rings is 2. The van der Waals surface area contributed by atoms with Crippen LogP contribution < -0.4 is 10.9 Å². The zero-order chi connectivity index (χ0) is 23.9. The molecule has 1 aromatic heterocycles. The maximum Gasteiger partial charge on any atom is 0.329 e. The molecule has 178 valence electrons. The molecule has 1 saturated heterocycles. The third-order valence-electron chi connectivity index (χ3n) is 5.71. The van der Waals surface area contributed by atoms with Crippen LogP contribution in [0.3, 0.4) is 0 Å². The van der Waals surface area contributed by atoms with Gasteiger partial charge in [-0.05, 0) is 35.9 Å². The minimum absolute atomic E-state index is 0.111. The third kappa shape index (κ3) is 6.22. The van der Waals surface area contributed by atoms with Crippen LogP contribution in [0, 0.1) is 0 Å². The molecule has 0 aliphatic carbocycles. The van der Waals surface area contributed by atoms with Gasteiger partial charge in [0.2, 0.25) is 5.56 Å². The number of esters is 1. The Labute approximate surface area is 201 Å². The number of aromatic nitrogens is 1. The first kappa shape index (κ1) is 23.9. The van der Waals surface area contributed by atoms with E-state index in [1.54, 1.807) is 30.3 Å². The number of carbonyl (C=O) groups excluding carboxylic acids is 2. The molecule has 3 aromatic rings. The number of fused-ring (bicyclic) bond motifs is 1. The first-order chi connectivity index (χ1) is 16.5. The number of H-pyrrole nitrogens is 1. The van der Waals surface area contributed by atoms with E-state index >= 15 is 0 Å². The Kier molecular flexibility index (Phi) is 7.95. The second-order valence-electron chi connectivity index (χ2n) is 8.06. The lowest BCUT2D eigenvalue weighted by Crippen LogP contribution is -2.44. The van der Waals surface area contributed by atoms with Gasteiger partial charge in [0.05, 0.1) is 13.2 Å². The Balaban J connectivity index is 1.52. The van der Waals surface area contributed by atoms with E-state index in [0.29, 0.717) is 41.4 Å². The van der Waals surface area contributed by atoms with E-state index in [2.05, 4.69) is 15.2 Å². The zero-order valence-electron chi connectivity index (χ0n) is 18.6. The summed E-state index contributed by atoms with van der Waals surface area (Å²) in [5.74, 6) is -0.985. The Hall–Kier alpha value is -3.20. The van der Waals surface area contributed by atoms with Crippen LogP contribution in [-0.4, -0.2) is 67.3 Å². The fourth-order valence-electron chi connectivity index (χ4n) is 3.90. The molecular formula is C25H26ClN3O5. The second-order valence-corrected chi connectivity index (χ2v) is 8.50. The van der Waals surface area contributed by atoms with Crippen LogP contribution in [0.4, 0.5) is 0 Å². The van der Waals surface area contributed by atoms with Crippen molar-refractivity contribution in [1.82, 2.24) is 15.2 Å². The van der Waals surface area contributed by atoms with Crippen molar-refractivity contribution in [2.75, 3.05) is 39.5 Å². The van der Waals surface area contributed by atoms with E-state index < -0.39 is 17.9 Å². The van der Waals surface area contributed by atoms with Gasteiger partial charge in [-0.3, -0.25) is 14.5 Å². The highest BCUT2D eigenvalue weighted by Crippen LogP contribution is 2.17. The lowest BCUT2D eigenvalue weighted by Gasteiger charge is -2.26. The molecule has 4 rings (SSSR count). The van der Waals surface area contributed by atoms with Crippen molar-refractivity contribution < 1.29 is 19.1 Å². The summed E-state index contributed by atoms with van der Waals surface area (Å²) in [5, 5.41) is 4.08. The van der Waals surface area contributed by atoms with Crippen molar-refractivity contribution in [1.29, 1.82) is 0 Å². The molecule has 8 nitrogen and oxygen atoms in total. The van der Waals surface area contributed by atoms with Gasteiger partial charge in [0.1, 0.15) is 12.6 Å². The fraction of sp³-hybridized carbons (Fsp3) is 0.320. The van der Waals surface area contributed by atoms with Crippen LogP contribution in [0.1, 0.15) is 15.9 Å². The van der Waals surface area contributed by atoms with Crippen LogP contribution in [0.2, 0.25) is 5.02 Å². The van der Waals surface area contributed by atoms with Crippen LogP contribution in [0.25, 0.3) is 10.9 Å². The molecule has 34 heavy (non-hydrogen) atoms. The van der Waals surface area contributed by atoms with Crippen molar-refractivity contribution >= 4 is 34.4 Å². The van der Waals surface area contributed by atoms with E-state index in [4.69, 9.17) is 21.1 Å². The number of nitrogens with one attached hydrogen (secondary N) is 2. The molecule has 9 heteroatoms. The lowest BCUT2D eigenvalue weighted by atomic mass is 10.0. The fourth-order valence-corrected chi connectivity index (χ4v) is 4.03. The number of amides is 1. The molecule has 1 aliphatic rings. The summed E-state index contributed by atoms with van der Waals surface area (Å²) >= 11 is 5.92. The second kappa shape index (κ2) is 11.3. The summed E-state index contributed by atoms with van der Waals surface area (Å²) in [5.41, 5.74) is 1.39. The smallest absolute Gasteiger partial charge is 0.329 e. The summed E-state index contributed by atoms with van der Waals surface area (Å²) in [7, 11) is 0. The minimum Gasteiger partial charge on any atom is -0.463 e. The monoisotopic (exact) mass is 483 g/mol. The van der Waals surface area contributed by atoms with Crippen LogP contribution in [0.15, 0.2) is 59.4 Å². The van der Waals surface area contributed by atoms with Gasteiger partial charge in [0.25, 0.3) is 5.91 Å². The number of para-hydroxylation sites is 1. The molecule has 0 unspecified atom stereocenters. The van der Waals surface area contributed by atoms with Gasteiger partial charge in [-0.25, -0.2) is 4.79 Å². The number of halogens is 1. The molecule has 1 amide bonds. The number of pyridine rings is 1. The molecule has 2 N–H and O–H groups in total. The highest BCUT2D eigenvalue weighted by molar-refractivity contribution is 6.30. The Morgan fingerprint density at radius 2 is 1.85 bits per heavy atom. The quantitative estimate of drug-likeness (QED) is 0.477. The van der Waals surface area contributed by atoms with Gasteiger partial charge in [0, 0.05) is 53.6 Å². The molecule has 0 saturated carbocycles. The van der Waals surface area contributed by atoms with E-state index in [1.165, 1.54) is 6.07 Å². The van der Waals surface area contributed by atoms with Crippen molar-refractivity contribution in [2.24, 2.45) is 0 Å². The molecular weight excluding hydrogens is 458 g/mol. The van der Waals surface area contributed by atoms with Gasteiger partial charge < -0.3 is 19.8 Å². The Morgan fingerprint density at radius 1 is 1.12 bits per heavy atom. The number of nitrogens with zero attached hydrogens (tertiary/aromatic N) is 1. The number of ether oxygens (including phenoxy) is 2. The summed E-state index contributed by atoms with van der Waals surface area (Å²) < 4.78 is 10.9. The number of hydrogen-bond acceptors (Lipinski definition) is 6. The van der Waals surface area contributed by atoms with E-state index in [-0.39, 0.29) is 18.6 Å². The summed E-state index contributed by atoms with van der Waals surface area (Å²) in [4.78, 5) is 43.0. The maximum atomic E-state index is 13.0. The molecule has 1 fully saturated rings. The van der Waals surface area contributed by atoms with E-state index in [0.717, 1.165) is 18.5 Å². The highest BCUT2D eigenvalue weighted by atomic mass is 35.5. The number of carbonyl (C=O) groups is 2.